The van der Waals surface area contributed by atoms with E-state index in [-0.39, 0.29) is 18.7 Å². The minimum atomic E-state index is -0.335. The molecule has 160 valence electrons. The van der Waals surface area contributed by atoms with E-state index in [0.29, 0.717) is 17.9 Å². The Balaban J connectivity index is 1.56. The first-order chi connectivity index (χ1) is 15.8. The molecule has 0 bridgehead atoms. The average Bonchev–Trinajstić information content (AvgIpc) is 2.85. The predicted molar refractivity (Wildman–Crippen MR) is 126 cm³/mol. The first kappa shape index (κ1) is 21.6. The number of hydrogen-bond donors (Lipinski definition) is 1. The number of fused-ring (bicyclic) bond motifs is 1. The number of halogens is 1. The molecule has 0 fully saturated rings. The Morgan fingerprint density at radius 2 is 1.56 bits per heavy atom. The Morgan fingerprint density at radius 1 is 0.875 bits per heavy atom. The van der Waals surface area contributed by atoms with Crippen LogP contribution in [0.25, 0.3) is 10.8 Å². The van der Waals surface area contributed by atoms with Crippen molar-refractivity contribution in [3.05, 3.63) is 114 Å². The van der Waals surface area contributed by atoms with Crippen molar-refractivity contribution < 1.29 is 13.9 Å². The zero-order valence-electron chi connectivity index (χ0n) is 17.8. The monoisotopic (exact) mass is 425 g/mol. The zero-order valence-corrected chi connectivity index (χ0v) is 17.8. The van der Waals surface area contributed by atoms with Crippen molar-refractivity contribution in [2.45, 2.75) is 6.04 Å². The van der Waals surface area contributed by atoms with Crippen molar-refractivity contribution in [1.29, 1.82) is 0 Å². The third kappa shape index (κ3) is 5.15. The van der Waals surface area contributed by atoms with Crippen LogP contribution in [0.1, 0.15) is 22.7 Å². The third-order valence-electron chi connectivity index (χ3n) is 5.16. The van der Waals surface area contributed by atoms with Gasteiger partial charge in [-0.25, -0.2) is 4.39 Å². The Labute approximate surface area is 187 Å². The summed E-state index contributed by atoms with van der Waals surface area (Å²) in [5.74, 6) is 6.46. The van der Waals surface area contributed by atoms with E-state index >= 15 is 0 Å². The van der Waals surface area contributed by atoms with Gasteiger partial charge in [0.15, 0.2) is 6.79 Å². The van der Waals surface area contributed by atoms with Gasteiger partial charge in [-0.3, -0.25) is 5.32 Å². The maximum Gasteiger partial charge on any atom is 0.188 e. The number of methoxy groups -OCH3 is 1. The largest absolute Gasteiger partial charge is 0.468 e. The van der Waals surface area contributed by atoms with Gasteiger partial charge in [-0.2, -0.15) is 0 Å². The number of nitrogens with one attached hydrogen (secondary N) is 1. The topological polar surface area (TPSA) is 30.5 Å². The van der Waals surface area contributed by atoms with Gasteiger partial charge in [-0.1, -0.05) is 78.6 Å². The van der Waals surface area contributed by atoms with Crippen molar-refractivity contribution >= 4 is 10.8 Å². The van der Waals surface area contributed by atoms with Crippen molar-refractivity contribution in [2.24, 2.45) is 0 Å². The molecule has 4 rings (SSSR count). The van der Waals surface area contributed by atoms with Crippen LogP contribution in [0.2, 0.25) is 0 Å². The molecule has 0 aliphatic rings. The maximum absolute atomic E-state index is 14.6. The van der Waals surface area contributed by atoms with Gasteiger partial charge < -0.3 is 9.47 Å². The quantitative estimate of drug-likeness (QED) is 0.305. The van der Waals surface area contributed by atoms with Crippen molar-refractivity contribution in [3.63, 3.8) is 0 Å². The highest BCUT2D eigenvalue weighted by Crippen LogP contribution is 2.26. The second-order valence-electron chi connectivity index (χ2n) is 7.29. The van der Waals surface area contributed by atoms with E-state index in [1.165, 1.54) is 6.07 Å². The highest BCUT2D eigenvalue weighted by atomic mass is 19.1. The van der Waals surface area contributed by atoms with Crippen LogP contribution >= 0.6 is 0 Å². The molecule has 4 heteroatoms. The third-order valence-corrected chi connectivity index (χ3v) is 5.16. The summed E-state index contributed by atoms with van der Waals surface area (Å²) in [4.78, 5) is 0. The molecule has 0 atom stereocenters. The van der Waals surface area contributed by atoms with E-state index in [1.807, 2.05) is 48.5 Å². The molecule has 4 aromatic carbocycles. The molecule has 0 aliphatic heterocycles. The van der Waals surface area contributed by atoms with Crippen molar-refractivity contribution in [1.82, 2.24) is 5.32 Å². The standard InChI is InChI=1S/C28H24FNO2/c1-31-20-32-24-15-16-25-23(19-24)14-17-27(29)26(25)13-8-18-30-28(21-9-4-2-5-10-21)22-11-6-3-7-12-22/h2-7,9-12,14-17,19,28,30H,18,20H2,1H3. The molecule has 3 nitrogen and oxygen atoms in total. The molecule has 0 radical (unpaired) electrons. The van der Waals surface area contributed by atoms with Crippen LogP contribution in [0.4, 0.5) is 4.39 Å². The van der Waals surface area contributed by atoms with E-state index in [1.54, 1.807) is 19.2 Å². The minimum Gasteiger partial charge on any atom is -0.468 e. The second kappa shape index (κ2) is 10.6. The summed E-state index contributed by atoms with van der Waals surface area (Å²) in [6.07, 6.45) is 0. The Hall–Kier alpha value is -3.65. The summed E-state index contributed by atoms with van der Waals surface area (Å²) in [6.45, 7) is 0.578. The molecule has 0 saturated heterocycles. The summed E-state index contributed by atoms with van der Waals surface area (Å²) in [5.41, 5.74) is 2.69. The van der Waals surface area contributed by atoms with Crippen LogP contribution in [0.3, 0.4) is 0 Å². The molecule has 0 amide bonds. The molecule has 1 N–H and O–H groups in total. The first-order valence-corrected chi connectivity index (χ1v) is 10.4. The Kier molecular flexibility index (Phi) is 7.14. The summed E-state index contributed by atoms with van der Waals surface area (Å²) in [7, 11) is 1.57. The number of ether oxygens (including phenoxy) is 2. The molecule has 0 aliphatic carbocycles. The maximum atomic E-state index is 14.6. The lowest BCUT2D eigenvalue weighted by Gasteiger charge is -2.18. The lowest BCUT2D eigenvalue weighted by Crippen LogP contribution is -2.22. The van der Waals surface area contributed by atoms with Gasteiger partial charge in [0.25, 0.3) is 0 Å². The lowest BCUT2D eigenvalue weighted by molar-refractivity contribution is 0.0512. The van der Waals surface area contributed by atoms with Gasteiger partial charge in [-0.15, -0.1) is 0 Å². The molecule has 0 aromatic heterocycles. The van der Waals surface area contributed by atoms with E-state index in [2.05, 4.69) is 41.4 Å². The highest BCUT2D eigenvalue weighted by molar-refractivity contribution is 5.89. The zero-order chi connectivity index (χ0) is 22.2. The van der Waals surface area contributed by atoms with E-state index in [4.69, 9.17) is 9.47 Å². The van der Waals surface area contributed by atoms with Gasteiger partial charge in [-0.05, 0) is 40.8 Å². The van der Waals surface area contributed by atoms with E-state index in [0.717, 1.165) is 21.9 Å². The summed E-state index contributed by atoms with van der Waals surface area (Å²) in [5, 5.41) is 5.11. The summed E-state index contributed by atoms with van der Waals surface area (Å²) < 4.78 is 25.0. The number of hydrogen-bond acceptors (Lipinski definition) is 3. The van der Waals surface area contributed by atoms with Gasteiger partial charge in [0.2, 0.25) is 0 Å². The van der Waals surface area contributed by atoms with Crippen LogP contribution in [0, 0.1) is 17.7 Å². The van der Waals surface area contributed by atoms with Crippen LogP contribution in [0.5, 0.6) is 5.75 Å². The fraction of sp³-hybridized carbons (Fsp3) is 0.143. The summed E-state index contributed by atoms with van der Waals surface area (Å²) >= 11 is 0. The van der Waals surface area contributed by atoms with Gasteiger partial charge in [0.1, 0.15) is 11.6 Å². The van der Waals surface area contributed by atoms with E-state index in [9.17, 15) is 4.39 Å². The van der Waals surface area contributed by atoms with Crippen LogP contribution < -0.4 is 10.1 Å². The molecular weight excluding hydrogens is 401 g/mol. The Morgan fingerprint density at radius 3 is 2.22 bits per heavy atom. The van der Waals surface area contributed by atoms with Gasteiger partial charge >= 0.3 is 0 Å². The van der Waals surface area contributed by atoms with Crippen molar-refractivity contribution in [3.8, 4) is 17.6 Å². The molecule has 0 heterocycles. The smallest absolute Gasteiger partial charge is 0.188 e. The fourth-order valence-corrected chi connectivity index (χ4v) is 3.63. The Bertz CT molecular complexity index is 1190. The second-order valence-corrected chi connectivity index (χ2v) is 7.29. The minimum absolute atomic E-state index is 0.00422. The normalized spacial score (nSPS) is 10.7. The van der Waals surface area contributed by atoms with Gasteiger partial charge in [0.05, 0.1) is 18.2 Å². The number of benzene rings is 4. The fourth-order valence-electron chi connectivity index (χ4n) is 3.63. The number of rotatable bonds is 7. The van der Waals surface area contributed by atoms with Crippen LogP contribution in [0.15, 0.2) is 91.0 Å². The molecule has 0 saturated carbocycles. The van der Waals surface area contributed by atoms with Gasteiger partial charge in [0, 0.05) is 12.5 Å². The molecule has 4 aromatic rings. The highest BCUT2D eigenvalue weighted by Gasteiger charge is 2.12. The SMILES string of the molecule is COCOc1ccc2c(C#CCNC(c3ccccc3)c3ccccc3)c(F)ccc2c1. The molecular formula is C28H24FNO2. The van der Waals surface area contributed by atoms with Crippen molar-refractivity contribution in [2.75, 3.05) is 20.4 Å². The summed E-state index contributed by atoms with van der Waals surface area (Å²) in [6, 6.07) is 29.1. The molecule has 32 heavy (non-hydrogen) atoms. The first-order valence-electron chi connectivity index (χ1n) is 10.4. The predicted octanol–water partition coefficient (Wildman–Crippen LogP) is 5.69. The van der Waals surface area contributed by atoms with Crippen LogP contribution in [-0.4, -0.2) is 20.4 Å². The van der Waals surface area contributed by atoms with E-state index < -0.39 is 0 Å². The van der Waals surface area contributed by atoms with Crippen LogP contribution in [-0.2, 0) is 4.74 Å². The molecule has 0 unspecified atom stereocenters. The lowest BCUT2D eigenvalue weighted by atomic mass is 9.99. The average molecular weight is 426 g/mol. The molecule has 0 spiro atoms.